The summed E-state index contributed by atoms with van der Waals surface area (Å²) in [6.45, 7) is 3.98. The van der Waals surface area contributed by atoms with Gasteiger partial charge in [-0.25, -0.2) is 9.37 Å². The zero-order chi connectivity index (χ0) is 31.5. The SMILES string of the molecule is CC1=C(CCNC[C@H]2CC[C@@H](Nc3nc(N(C)C)c4ccccc4n3)CC2)c2cc(F)ccc2/C1=C/c1ccc([S+](C)[O-])cc1. The second-order valence-electron chi connectivity index (χ2n) is 12.5. The molecule has 6 rings (SSSR count). The van der Waals surface area contributed by atoms with Gasteiger partial charge in [0.2, 0.25) is 5.95 Å². The zero-order valence-corrected chi connectivity index (χ0v) is 27.4. The predicted octanol–water partition coefficient (Wildman–Crippen LogP) is 7.55. The first kappa shape index (κ1) is 31.3. The fourth-order valence-electron chi connectivity index (χ4n) is 6.68. The van der Waals surface area contributed by atoms with Crippen LogP contribution in [-0.4, -0.2) is 54.0 Å². The topological polar surface area (TPSA) is 76.1 Å². The maximum Gasteiger partial charge on any atom is 0.225 e. The normalized spacial score (nSPS) is 19.6. The molecule has 1 saturated carbocycles. The number of fused-ring (bicyclic) bond motifs is 2. The molecule has 0 bridgehead atoms. The number of anilines is 2. The van der Waals surface area contributed by atoms with Crippen molar-refractivity contribution >= 4 is 51.1 Å². The molecule has 1 fully saturated rings. The first-order valence-electron chi connectivity index (χ1n) is 15.8. The Bertz CT molecular complexity index is 1730. The number of benzene rings is 3. The molecule has 4 aromatic rings. The highest BCUT2D eigenvalue weighted by atomic mass is 32.2. The van der Waals surface area contributed by atoms with Gasteiger partial charge in [0.15, 0.2) is 4.90 Å². The Hall–Kier alpha value is -3.72. The Labute approximate surface area is 269 Å². The van der Waals surface area contributed by atoms with Crippen molar-refractivity contribution in [1.29, 1.82) is 0 Å². The van der Waals surface area contributed by atoms with Crippen LogP contribution in [0.1, 0.15) is 55.7 Å². The van der Waals surface area contributed by atoms with E-state index in [0.29, 0.717) is 17.9 Å². The number of hydrogen-bond donors (Lipinski definition) is 2. The number of para-hydroxylation sites is 1. The molecule has 0 amide bonds. The first-order chi connectivity index (χ1) is 21.8. The van der Waals surface area contributed by atoms with Crippen molar-refractivity contribution in [3.05, 3.63) is 94.8 Å². The molecule has 1 atom stereocenters. The Morgan fingerprint density at radius 1 is 0.978 bits per heavy atom. The van der Waals surface area contributed by atoms with Crippen molar-refractivity contribution in [1.82, 2.24) is 15.3 Å². The van der Waals surface area contributed by atoms with Crippen LogP contribution in [0.15, 0.2) is 77.2 Å². The monoisotopic (exact) mass is 623 g/mol. The van der Waals surface area contributed by atoms with Gasteiger partial charge in [0.1, 0.15) is 17.9 Å². The fourth-order valence-corrected chi connectivity index (χ4v) is 7.20. The molecule has 1 unspecified atom stereocenters. The van der Waals surface area contributed by atoms with Crippen LogP contribution in [0.4, 0.5) is 16.2 Å². The summed E-state index contributed by atoms with van der Waals surface area (Å²) in [5.41, 5.74) is 7.60. The second-order valence-corrected chi connectivity index (χ2v) is 13.9. The summed E-state index contributed by atoms with van der Waals surface area (Å²) in [7, 11) is 4.04. The van der Waals surface area contributed by atoms with E-state index in [2.05, 4.69) is 29.7 Å². The molecule has 2 N–H and O–H groups in total. The highest BCUT2D eigenvalue weighted by Crippen LogP contribution is 2.43. The number of nitrogens with one attached hydrogen (secondary N) is 2. The molecule has 2 aliphatic carbocycles. The molecule has 45 heavy (non-hydrogen) atoms. The van der Waals surface area contributed by atoms with Crippen molar-refractivity contribution in [2.75, 3.05) is 43.7 Å². The quantitative estimate of drug-likeness (QED) is 0.140. The molecule has 1 heterocycles. The van der Waals surface area contributed by atoms with E-state index in [-0.39, 0.29) is 5.82 Å². The number of nitrogens with zero attached hydrogens (tertiary/aromatic N) is 3. The molecule has 0 spiro atoms. The van der Waals surface area contributed by atoms with Crippen LogP contribution in [0.2, 0.25) is 0 Å². The lowest BCUT2D eigenvalue weighted by atomic mass is 9.86. The Morgan fingerprint density at radius 2 is 1.73 bits per heavy atom. The van der Waals surface area contributed by atoms with Crippen LogP contribution in [0.25, 0.3) is 28.1 Å². The van der Waals surface area contributed by atoms with Crippen molar-refractivity contribution in [3.63, 3.8) is 0 Å². The predicted molar refractivity (Wildman–Crippen MR) is 186 cm³/mol. The average molecular weight is 624 g/mol. The lowest BCUT2D eigenvalue weighted by molar-refractivity contribution is 0.325. The number of allylic oxidation sites excluding steroid dienone is 2. The van der Waals surface area contributed by atoms with Gasteiger partial charge < -0.3 is 20.1 Å². The van der Waals surface area contributed by atoms with E-state index in [1.54, 1.807) is 18.4 Å². The molecular formula is C37H42FN5OS. The van der Waals surface area contributed by atoms with Crippen LogP contribution >= 0.6 is 0 Å². The standard InChI is InChI=1S/C37H42FN5OS/c1-24-30(34-22-27(38)13-18-31(34)33(24)21-25-11-16-29(17-12-25)45(4)44)19-20-39-23-26-9-14-28(15-10-26)40-37-41-35-8-6-5-7-32(35)36(42-37)43(2)3/h5-8,11-13,16-18,21-22,26,28,39H,9-10,14-15,19-20,23H2,1-4H3,(H,40,41,42)/b33-21+/t26-,28+,45?. The molecule has 0 aliphatic heterocycles. The van der Waals surface area contributed by atoms with Gasteiger partial charge in [0.25, 0.3) is 0 Å². The highest BCUT2D eigenvalue weighted by Gasteiger charge is 2.25. The second kappa shape index (κ2) is 13.7. The third kappa shape index (κ3) is 7.08. The van der Waals surface area contributed by atoms with Crippen LogP contribution in [0.5, 0.6) is 0 Å². The van der Waals surface area contributed by atoms with Crippen molar-refractivity contribution < 1.29 is 8.94 Å². The average Bonchev–Trinajstić information content (AvgIpc) is 3.28. The molecule has 1 aromatic heterocycles. The number of rotatable bonds is 10. The summed E-state index contributed by atoms with van der Waals surface area (Å²) in [4.78, 5) is 12.5. The number of halogens is 1. The number of hydrogen-bond acceptors (Lipinski definition) is 6. The van der Waals surface area contributed by atoms with Crippen LogP contribution in [-0.2, 0) is 11.2 Å². The minimum atomic E-state index is -1.01. The fraction of sp³-hybridized carbons (Fsp3) is 0.351. The van der Waals surface area contributed by atoms with Gasteiger partial charge in [-0.1, -0.05) is 18.2 Å². The van der Waals surface area contributed by atoms with Gasteiger partial charge >= 0.3 is 0 Å². The van der Waals surface area contributed by atoms with Crippen molar-refractivity contribution in [3.8, 4) is 0 Å². The maximum absolute atomic E-state index is 14.4. The summed E-state index contributed by atoms with van der Waals surface area (Å²) in [6, 6.07) is 21.5. The lowest BCUT2D eigenvalue weighted by Gasteiger charge is -2.29. The van der Waals surface area contributed by atoms with Crippen LogP contribution in [0, 0.1) is 11.7 Å². The van der Waals surface area contributed by atoms with E-state index < -0.39 is 11.2 Å². The molecule has 234 valence electrons. The highest BCUT2D eigenvalue weighted by molar-refractivity contribution is 7.90. The minimum Gasteiger partial charge on any atom is -0.612 e. The number of aromatic nitrogens is 2. The third-order valence-corrected chi connectivity index (χ3v) is 10.1. The van der Waals surface area contributed by atoms with E-state index in [1.807, 2.05) is 67.5 Å². The van der Waals surface area contributed by atoms with Crippen LogP contribution in [0.3, 0.4) is 0 Å². The molecular weight excluding hydrogens is 582 g/mol. The summed E-state index contributed by atoms with van der Waals surface area (Å²) < 4.78 is 26.2. The molecule has 0 saturated heterocycles. The van der Waals surface area contributed by atoms with Gasteiger partial charge in [0, 0.05) is 25.5 Å². The Balaban J connectivity index is 1.04. The van der Waals surface area contributed by atoms with Gasteiger partial charge in [-0.3, -0.25) is 0 Å². The third-order valence-electron chi connectivity index (χ3n) is 9.15. The Kier molecular flexibility index (Phi) is 9.54. The van der Waals surface area contributed by atoms with E-state index in [9.17, 15) is 8.94 Å². The summed E-state index contributed by atoms with van der Waals surface area (Å²) in [5.74, 6) is 2.07. The summed E-state index contributed by atoms with van der Waals surface area (Å²) >= 11 is -1.01. The van der Waals surface area contributed by atoms with E-state index in [0.717, 1.165) is 89.1 Å². The molecule has 2 aliphatic rings. The molecule has 0 radical (unpaired) electrons. The minimum absolute atomic E-state index is 0.208. The zero-order valence-electron chi connectivity index (χ0n) is 26.6. The molecule has 6 nitrogen and oxygen atoms in total. The molecule has 3 aromatic carbocycles. The van der Waals surface area contributed by atoms with Crippen molar-refractivity contribution in [2.45, 2.75) is 50.0 Å². The summed E-state index contributed by atoms with van der Waals surface area (Å²) in [5, 5.41) is 8.39. The van der Waals surface area contributed by atoms with E-state index in [4.69, 9.17) is 9.97 Å². The van der Waals surface area contributed by atoms with E-state index >= 15 is 0 Å². The smallest absolute Gasteiger partial charge is 0.225 e. The van der Waals surface area contributed by atoms with Gasteiger partial charge in [-0.15, -0.1) is 0 Å². The van der Waals surface area contributed by atoms with Crippen LogP contribution < -0.4 is 15.5 Å². The maximum atomic E-state index is 14.4. The van der Waals surface area contributed by atoms with Gasteiger partial charge in [-0.05, 0) is 157 Å². The summed E-state index contributed by atoms with van der Waals surface area (Å²) in [6.07, 6.45) is 9.20. The molecule has 8 heteroatoms. The van der Waals surface area contributed by atoms with Crippen molar-refractivity contribution in [2.24, 2.45) is 5.92 Å². The van der Waals surface area contributed by atoms with Gasteiger partial charge in [0.05, 0.1) is 5.52 Å². The Morgan fingerprint density at radius 3 is 2.47 bits per heavy atom. The lowest BCUT2D eigenvalue weighted by Crippen LogP contribution is -2.32. The van der Waals surface area contributed by atoms with Gasteiger partial charge in [-0.2, -0.15) is 4.98 Å². The first-order valence-corrected chi connectivity index (χ1v) is 17.4. The largest absolute Gasteiger partial charge is 0.612 e. The van der Waals surface area contributed by atoms with E-state index in [1.165, 1.54) is 11.1 Å².